The van der Waals surface area contributed by atoms with Crippen LogP contribution in [0.25, 0.3) is 0 Å². The topological polar surface area (TPSA) is 140 Å². The summed E-state index contributed by atoms with van der Waals surface area (Å²) in [7, 11) is 0. The predicted molar refractivity (Wildman–Crippen MR) is 59.9 cm³/mol. The molecule has 2 fully saturated rings. The highest BCUT2D eigenvalue weighted by Crippen LogP contribution is 2.28. The Hall–Kier alpha value is -0.320. The zero-order valence-corrected chi connectivity index (χ0v) is 10.2. The van der Waals surface area contributed by atoms with E-state index in [1.54, 1.807) is 0 Å². The van der Waals surface area contributed by atoms with Crippen molar-refractivity contribution >= 4 is 0 Å². The predicted octanol–water partition coefficient (Wildman–Crippen LogP) is -3.31. The van der Waals surface area contributed by atoms with Crippen LogP contribution in [-0.2, 0) is 9.47 Å². The lowest BCUT2D eigenvalue weighted by Crippen LogP contribution is -2.60. The van der Waals surface area contributed by atoms with E-state index in [1.165, 1.54) is 0 Å². The third kappa shape index (κ3) is 2.91. The molecule has 1 saturated carbocycles. The lowest BCUT2D eigenvalue weighted by atomic mass is 9.99. The molecule has 1 aliphatic carbocycles. The molecule has 2 rings (SSSR count). The van der Waals surface area contributed by atoms with Crippen LogP contribution in [-0.4, -0.2) is 86.3 Å². The third-order valence-corrected chi connectivity index (χ3v) is 3.68. The average molecular weight is 280 g/mol. The molecule has 112 valence electrons. The van der Waals surface area contributed by atoms with Gasteiger partial charge in [0.05, 0.1) is 18.8 Å². The van der Waals surface area contributed by atoms with Crippen molar-refractivity contribution < 1.29 is 40.1 Å². The number of hydrogen-bond acceptors (Lipinski definition) is 8. The molecule has 0 bridgehead atoms. The van der Waals surface area contributed by atoms with Crippen LogP contribution in [0.1, 0.15) is 12.8 Å². The average Bonchev–Trinajstić information content (AvgIpc) is 2.71. The van der Waals surface area contributed by atoms with E-state index in [0.717, 1.165) is 0 Å². The van der Waals surface area contributed by atoms with E-state index in [1.807, 2.05) is 0 Å². The molecule has 8 heteroatoms. The quantitative estimate of drug-likeness (QED) is 0.316. The maximum atomic E-state index is 9.75. The maximum Gasteiger partial charge on any atom is 0.187 e. The van der Waals surface area contributed by atoms with Crippen molar-refractivity contribution in [2.45, 2.75) is 61.9 Å². The zero-order valence-electron chi connectivity index (χ0n) is 10.2. The summed E-state index contributed by atoms with van der Waals surface area (Å²) in [6, 6.07) is 0. The van der Waals surface area contributed by atoms with Gasteiger partial charge in [-0.25, -0.2) is 0 Å². The number of rotatable bonds is 3. The molecule has 3 unspecified atom stereocenters. The van der Waals surface area contributed by atoms with Crippen molar-refractivity contribution in [3.8, 4) is 0 Å². The van der Waals surface area contributed by atoms with Crippen molar-refractivity contribution in [2.24, 2.45) is 0 Å². The van der Waals surface area contributed by atoms with Crippen LogP contribution in [0.2, 0.25) is 0 Å². The second-order valence-electron chi connectivity index (χ2n) is 5.01. The van der Waals surface area contributed by atoms with Gasteiger partial charge in [-0.15, -0.1) is 0 Å². The molecule has 0 amide bonds. The Balaban J connectivity index is 1.99. The second-order valence-corrected chi connectivity index (χ2v) is 5.01. The molecule has 0 aromatic heterocycles. The molecule has 2 aliphatic rings. The molecule has 1 saturated heterocycles. The molecule has 6 N–H and O–H groups in total. The van der Waals surface area contributed by atoms with E-state index in [2.05, 4.69) is 0 Å². The molecule has 8 nitrogen and oxygen atoms in total. The van der Waals surface area contributed by atoms with E-state index >= 15 is 0 Å². The first kappa shape index (κ1) is 15.1. The van der Waals surface area contributed by atoms with Crippen molar-refractivity contribution in [2.75, 3.05) is 6.61 Å². The summed E-state index contributed by atoms with van der Waals surface area (Å²) in [5, 5.41) is 57.0. The first-order chi connectivity index (χ1) is 8.95. The number of aliphatic hydroxyl groups is 6. The molecular formula is C11H20O8. The highest BCUT2D eigenvalue weighted by molar-refractivity contribution is 4.91. The molecule has 19 heavy (non-hydrogen) atoms. The number of hydrogen-bond donors (Lipinski definition) is 6. The van der Waals surface area contributed by atoms with Crippen molar-refractivity contribution in [3.63, 3.8) is 0 Å². The summed E-state index contributed by atoms with van der Waals surface area (Å²) in [4.78, 5) is 0. The standard InChI is InChI=1S/C11H20O8/c12-3-6-8(15)9(16)10(17)11(19-6)18-5-2-1-4(13)7(5)14/h4-17H,1-3H2/t4?,5?,6-,7?,8-,9+,10-,11+/m1/s1. The largest absolute Gasteiger partial charge is 0.394 e. The molecular weight excluding hydrogens is 260 g/mol. The summed E-state index contributed by atoms with van der Waals surface area (Å²) in [5.41, 5.74) is 0. The fraction of sp³-hybridized carbons (Fsp3) is 1.00. The van der Waals surface area contributed by atoms with Gasteiger partial charge in [-0.1, -0.05) is 0 Å². The lowest BCUT2D eigenvalue weighted by molar-refractivity contribution is -0.316. The minimum absolute atomic E-state index is 0.364. The van der Waals surface area contributed by atoms with Crippen LogP contribution < -0.4 is 0 Å². The summed E-state index contributed by atoms with van der Waals surface area (Å²) >= 11 is 0. The van der Waals surface area contributed by atoms with Crippen LogP contribution in [0.3, 0.4) is 0 Å². The highest BCUT2D eigenvalue weighted by atomic mass is 16.7. The Morgan fingerprint density at radius 3 is 2.11 bits per heavy atom. The van der Waals surface area contributed by atoms with Crippen LogP contribution >= 0.6 is 0 Å². The fourth-order valence-electron chi connectivity index (χ4n) is 2.42. The Morgan fingerprint density at radius 1 is 0.895 bits per heavy atom. The van der Waals surface area contributed by atoms with Crippen molar-refractivity contribution in [1.29, 1.82) is 0 Å². The third-order valence-electron chi connectivity index (χ3n) is 3.68. The minimum Gasteiger partial charge on any atom is -0.394 e. The normalized spacial score (nSPS) is 51.5. The Morgan fingerprint density at radius 2 is 1.58 bits per heavy atom. The van der Waals surface area contributed by atoms with Crippen LogP contribution in [0.15, 0.2) is 0 Å². The molecule has 0 spiro atoms. The summed E-state index contributed by atoms with van der Waals surface area (Å²) < 4.78 is 10.5. The number of aliphatic hydroxyl groups excluding tert-OH is 6. The first-order valence-electron chi connectivity index (χ1n) is 6.27. The SMILES string of the molecule is OC[C@H]1O[C@H](OC2CCC(O)C2O)[C@H](O)[C@@H](O)[C@@H]1O. The Kier molecular flexibility index (Phi) is 4.75. The van der Waals surface area contributed by atoms with Crippen molar-refractivity contribution in [3.05, 3.63) is 0 Å². The zero-order chi connectivity index (χ0) is 14.2. The summed E-state index contributed by atoms with van der Waals surface area (Å²) in [6.07, 6.45) is -8.74. The van der Waals surface area contributed by atoms with E-state index in [4.69, 9.17) is 14.6 Å². The van der Waals surface area contributed by atoms with Gasteiger partial charge >= 0.3 is 0 Å². The molecule has 1 aliphatic heterocycles. The summed E-state index contributed by atoms with van der Waals surface area (Å²) in [5.74, 6) is 0. The minimum atomic E-state index is -1.51. The molecule has 0 aromatic carbocycles. The first-order valence-corrected chi connectivity index (χ1v) is 6.27. The van der Waals surface area contributed by atoms with Gasteiger partial charge in [-0.3, -0.25) is 0 Å². The van der Waals surface area contributed by atoms with Crippen molar-refractivity contribution in [1.82, 2.24) is 0 Å². The fourth-order valence-corrected chi connectivity index (χ4v) is 2.42. The van der Waals surface area contributed by atoms with E-state index in [0.29, 0.717) is 12.8 Å². The molecule has 0 radical (unpaired) electrons. The van der Waals surface area contributed by atoms with Gasteiger partial charge in [0.25, 0.3) is 0 Å². The van der Waals surface area contributed by atoms with E-state index in [-0.39, 0.29) is 0 Å². The smallest absolute Gasteiger partial charge is 0.187 e. The monoisotopic (exact) mass is 280 g/mol. The highest BCUT2D eigenvalue weighted by Gasteiger charge is 2.46. The van der Waals surface area contributed by atoms with Crippen LogP contribution in [0.5, 0.6) is 0 Å². The van der Waals surface area contributed by atoms with E-state index < -0.39 is 55.6 Å². The van der Waals surface area contributed by atoms with E-state index in [9.17, 15) is 25.5 Å². The maximum absolute atomic E-state index is 9.75. The van der Waals surface area contributed by atoms with Crippen LogP contribution in [0.4, 0.5) is 0 Å². The lowest BCUT2D eigenvalue weighted by Gasteiger charge is -2.40. The van der Waals surface area contributed by atoms with Gasteiger partial charge < -0.3 is 40.1 Å². The molecule has 1 heterocycles. The Labute approximate surface area is 109 Å². The van der Waals surface area contributed by atoms with Gasteiger partial charge in [0.1, 0.15) is 30.5 Å². The van der Waals surface area contributed by atoms with Gasteiger partial charge in [-0.05, 0) is 12.8 Å². The van der Waals surface area contributed by atoms with Crippen LogP contribution in [0, 0.1) is 0 Å². The summed E-state index contributed by atoms with van der Waals surface area (Å²) in [6.45, 7) is -0.541. The van der Waals surface area contributed by atoms with Gasteiger partial charge in [0, 0.05) is 0 Å². The van der Waals surface area contributed by atoms with Gasteiger partial charge in [-0.2, -0.15) is 0 Å². The van der Waals surface area contributed by atoms with Gasteiger partial charge in [0.2, 0.25) is 0 Å². The van der Waals surface area contributed by atoms with Gasteiger partial charge in [0.15, 0.2) is 6.29 Å². The Bertz CT molecular complexity index is 298. The number of ether oxygens (including phenoxy) is 2. The second kappa shape index (κ2) is 5.98. The molecule has 0 aromatic rings. The molecule has 8 atom stereocenters.